The Morgan fingerprint density at radius 2 is 1.91 bits per heavy atom. The van der Waals surface area contributed by atoms with Gasteiger partial charge in [-0.1, -0.05) is 64.5 Å². The van der Waals surface area contributed by atoms with Gasteiger partial charge in [0.05, 0.1) is 6.10 Å². The Kier molecular flexibility index (Phi) is 6.30. The van der Waals surface area contributed by atoms with Gasteiger partial charge in [0.1, 0.15) is 0 Å². The minimum absolute atomic E-state index is 0.0284. The van der Waals surface area contributed by atoms with E-state index in [1.807, 2.05) is 6.08 Å². The van der Waals surface area contributed by atoms with Gasteiger partial charge in [0.2, 0.25) is 0 Å². The standard InChI is InChI=1S/C30H46O3/c1-18(9-8-10-19(2)27(32)33)21-13-15-29(6)22-11-12-25-28(4,5)26(31)14-16-30(25,7)24(22)17-23(29)20(21)3/h10-11,18,21,23-26,31H,3,8-9,12-17H2,1-2,4-7H3,(H,32,33)/b19-10-/t18-,21-,23?,24+,25+,26-,29+,30-/m1/s1. The van der Waals surface area contributed by atoms with Crippen molar-refractivity contribution in [2.24, 2.45) is 45.8 Å². The van der Waals surface area contributed by atoms with Crippen molar-refractivity contribution in [2.45, 2.75) is 99.0 Å². The molecule has 0 aromatic heterocycles. The van der Waals surface area contributed by atoms with Crippen LogP contribution >= 0.6 is 0 Å². The third-order valence-corrected chi connectivity index (χ3v) is 11.1. The molecule has 0 bridgehead atoms. The van der Waals surface area contributed by atoms with Crippen LogP contribution in [0.4, 0.5) is 0 Å². The lowest BCUT2D eigenvalue weighted by Crippen LogP contribution is -2.54. The number of hydrogen-bond acceptors (Lipinski definition) is 2. The molecule has 3 fully saturated rings. The summed E-state index contributed by atoms with van der Waals surface area (Å²) in [6.45, 7) is 18.4. The highest BCUT2D eigenvalue weighted by Crippen LogP contribution is 2.70. The molecule has 0 aliphatic heterocycles. The second kappa shape index (κ2) is 8.40. The molecule has 8 atom stereocenters. The maximum atomic E-state index is 11.1. The average molecular weight is 455 g/mol. The van der Waals surface area contributed by atoms with Crippen LogP contribution in [0.1, 0.15) is 92.9 Å². The molecule has 0 aromatic carbocycles. The first-order chi connectivity index (χ1) is 15.3. The second-order valence-corrected chi connectivity index (χ2v) is 13.1. The molecule has 3 heteroatoms. The van der Waals surface area contributed by atoms with Gasteiger partial charge in [0.15, 0.2) is 0 Å². The normalized spacial score (nSPS) is 43.2. The monoisotopic (exact) mass is 454 g/mol. The molecule has 0 spiro atoms. The lowest BCUT2D eigenvalue weighted by atomic mass is 9.47. The Hall–Kier alpha value is -1.35. The Balaban J connectivity index is 1.53. The molecule has 3 saturated carbocycles. The van der Waals surface area contributed by atoms with E-state index in [0.717, 1.165) is 32.1 Å². The topological polar surface area (TPSA) is 57.5 Å². The molecule has 3 nitrogen and oxygen atoms in total. The summed E-state index contributed by atoms with van der Waals surface area (Å²) in [5.74, 6) is 1.96. The molecule has 0 saturated heterocycles. The molecule has 2 N–H and O–H groups in total. The van der Waals surface area contributed by atoms with Crippen LogP contribution in [-0.2, 0) is 4.79 Å². The quantitative estimate of drug-likeness (QED) is 0.342. The predicted octanol–water partition coefficient (Wildman–Crippen LogP) is 7.18. The van der Waals surface area contributed by atoms with E-state index in [0.29, 0.717) is 35.2 Å². The highest BCUT2D eigenvalue weighted by Gasteiger charge is 2.62. The van der Waals surface area contributed by atoms with Gasteiger partial charge >= 0.3 is 5.97 Å². The van der Waals surface area contributed by atoms with Gasteiger partial charge in [0, 0.05) is 5.57 Å². The maximum Gasteiger partial charge on any atom is 0.330 e. The van der Waals surface area contributed by atoms with Gasteiger partial charge in [0.25, 0.3) is 0 Å². The summed E-state index contributed by atoms with van der Waals surface area (Å²) in [5, 5.41) is 19.9. The molecule has 4 rings (SSSR count). The van der Waals surface area contributed by atoms with E-state index in [1.54, 1.807) is 12.5 Å². The summed E-state index contributed by atoms with van der Waals surface area (Å²) in [4.78, 5) is 11.1. The number of aliphatic carboxylic acids is 1. The van der Waals surface area contributed by atoms with Crippen LogP contribution in [0.2, 0.25) is 0 Å². The first-order valence-electron chi connectivity index (χ1n) is 13.3. The predicted molar refractivity (Wildman–Crippen MR) is 135 cm³/mol. The molecular formula is C30H46O3. The van der Waals surface area contributed by atoms with Gasteiger partial charge in [-0.3, -0.25) is 0 Å². The number of aliphatic hydroxyl groups excluding tert-OH is 1. The Morgan fingerprint density at radius 1 is 1.21 bits per heavy atom. The van der Waals surface area contributed by atoms with E-state index >= 15 is 0 Å². The maximum absolute atomic E-state index is 11.1. The lowest BCUT2D eigenvalue weighted by molar-refractivity contribution is -0.132. The summed E-state index contributed by atoms with van der Waals surface area (Å²) in [6, 6.07) is 0. The molecule has 0 heterocycles. The molecule has 33 heavy (non-hydrogen) atoms. The van der Waals surface area contributed by atoms with E-state index in [2.05, 4.69) is 40.7 Å². The molecule has 0 amide bonds. The van der Waals surface area contributed by atoms with Crippen LogP contribution in [0, 0.1) is 45.8 Å². The average Bonchev–Trinajstić information content (AvgIpc) is 3.06. The fraction of sp³-hybridized carbons (Fsp3) is 0.767. The number of carbonyl (C=O) groups is 1. The summed E-state index contributed by atoms with van der Waals surface area (Å²) in [7, 11) is 0. The molecular weight excluding hydrogens is 408 g/mol. The molecule has 184 valence electrons. The zero-order valence-electron chi connectivity index (χ0n) is 21.8. The van der Waals surface area contributed by atoms with Gasteiger partial charge in [-0.2, -0.15) is 0 Å². The third kappa shape index (κ3) is 3.77. The number of rotatable bonds is 5. The Morgan fingerprint density at radius 3 is 2.58 bits per heavy atom. The highest BCUT2D eigenvalue weighted by molar-refractivity contribution is 5.85. The van der Waals surface area contributed by atoms with Crippen molar-refractivity contribution in [3.8, 4) is 0 Å². The first-order valence-corrected chi connectivity index (χ1v) is 13.3. The van der Waals surface area contributed by atoms with Crippen LogP contribution in [0.3, 0.4) is 0 Å². The van der Waals surface area contributed by atoms with Crippen LogP contribution in [0.25, 0.3) is 0 Å². The molecule has 4 aliphatic rings. The summed E-state index contributed by atoms with van der Waals surface area (Å²) in [5.41, 5.74) is 4.11. The van der Waals surface area contributed by atoms with Gasteiger partial charge in [-0.05, 0) is 104 Å². The number of hydrogen-bond donors (Lipinski definition) is 2. The SMILES string of the molecule is C=C1C2C[C@H]3C(=CC[C@H]4C(C)(C)[C@H](O)CC[C@]34C)[C@]2(C)CC[C@@H]1[C@H](C)CC/C=C(/C)C(=O)O. The number of carboxylic acids is 1. The van der Waals surface area contributed by atoms with Crippen LogP contribution in [0.5, 0.6) is 0 Å². The van der Waals surface area contributed by atoms with E-state index in [-0.39, 0.29) is 22.3 Å². The molecule has 0 aromatic rings. The van der Waals surface area contributed by atoms with Crippen molar-refractivity contribution >= 4 is 5.97 Å². The van der Waals surface area contributed by atoms with Crippen molar-refractivity contribution in [3.63, 3.8) is 0 Å². The van der Waals surface area contributed by atoms with Crippen LogP contribution < -0.4 is 0 Å². The van der Waals surface area contributed by atoms with E-state index in [4.69, 9.17) is 11.7 Å². The fourth-order valence-corrected chi connectivity index (χ4v) is 8.81. The smallest absolute Gasteiger partial charge is 0.330 e. The Labute approximate surface area is 201 Å². The largest absolute Gasteiger partial charge is 0.478 e. The number of fused-ring (bicyclic) bond motifs is 5. The molecule has 4 aliphatic carbocycles. The van der Waals surface area contributed by atoms with Crippen LogP contribution in [0.15, 0.2) is 35.5 Å². The Bertz CT molecular complexity index is 879. The minimum atomic E-state index is -0.812. The van der Waals surface area contributed by atoms with E-state index in [1.165, 1.54) is 24.8 Å². The number of aliphatic hydroxyl groups is 1. The van der Waals surface area contributed by atoms with Crippen molar-refractivity contribution in [2.75, 3.05) is 0 Å². The summed E-state index contributed by atoms with van der Waals surface area (Å²) < 4.78 is 0. The highest BCUT2D eigenvalue weighted by atomic mass is 16.4. The van der Waals surface area contributed by atoms with Crippen molar-refractivity contribution < 1.29 is 15.0 Å². The minimum Gasteiger partial charge on any atom is -0.478 e. The van der Waals surface area contributed by atoms with Gasteiger partial charge in [-0.15, -0.1) is 0 Å². The fourth-order valence-electron chi connectivity index (χ4n) is 8.81. The zero-order valence-corrected chi connectivity index (χ0v) is 21.8. The van der Waals surface area contributed by atoms with Crippen molar-refractivity contribution in [1.82, 2.24) is 0 Å². The van der Waals surface area contributed by atoms with Gasteiger partial charge in [-0.25, -0.2) is 4.79 Å². The number of allylic oxidation sites excluding steroid dienone is 4. The van der Waals surface area contributed by atoms with Crippen molar-refractivity contribution in [1.29, 1.82) is 0 Å². The second-order valence-electron chi connectivity index (χ2n) is 13.1. The van der Waals surface area contributed by atoms with E-state index < -0.39 is 5.97 Å². The third-order valence-electron chi connectivity index (χ3n) is 11.1. The first kappa shape index (κ1) is 24.8. The lowest BCUT2D eigenvalue weighted by Gasteiger charge is -2.58. The van der Waals surface area contributed by atoms with Crippen LogP contribution in [-0.4, -0.2) is 22.3 Å². The van der Waals surface area contributed by atoms with E-state index in [9.17, 15) is 9.90 Å². The summed E-state index contributed by atoms with van der Waals surface area (Å²) >= 11 is 0. The number of carboxylic acid groups (broad SMARTS) is 1. The molecule has 0 radical (unpaired) electrons. The van der Waals surface area contributed by atoms with Crippen molar-refractivity contribution in [3.05, 3.63) is 35.5 Å². The summed E-state index contributed by atoms with van der Waals surface area (Å²) in [6.07, 6.45) is 13.0. The zero-order chi connectivity index (χ0) is 24.3. The van der Waals surface area contributed by atoms with Gasteiger partial charge < -0.3 is 10.2 Å². The molecule has 1 unspecified atom stereocenters.